The maximum Gasteiger partial charge on any atom is 0.342 e. The minimum atomic E-state index is -0.663. The van der Waals surface area contributed by atoms with Gasteiger partial charge in [0.25, 0.3) is 0 Å². The van der Waals surface area contributed by atoms with Crippen molar-refractivity contribution in [3.8, 4) is 5.75 Å². The molecule has 8 nitrogen and oxygen atoms in total. The van der Waals surface area contributed by atoms with Crippen LogP contribution in [-0.4, -0.2) is 46.3 Å². The van der Waals surface area contributed by atoms with E-state index in [2.05, 4.69) is 25.8 Å². The molecule has 0 fully saturated rings. The fourth-order valence-electron chi connectivity index (χ4n) is 3.12. The normalized spacial score (nSPS) is 14.7. The van der Waals surface area contributed by atoms with Gasteiger partial charge in [-0.1, -0.05) is 15.9 Å². The monoisotopic (exact) mass is 495 g/mol. The second-order valence-corrected chi connectivity index (χ2v) is 10.1. The van der Waals surface area contributed by atoms with E-state index in [0.717, 1.165) is 17.0 Å². The Bertz CT molecular complexity index is 1040. The Morgan fingerprint density at radius 1 is 1.43 bits per heavy atom. The highest BCUT2D eigenvalue weighted by Crippen LogP contribution is 2.40. The third kappa shape index (κ3) is 4.88. The highest BCUT2D eigenvalue weighted by Gasteiger charge is 2.30. The zero-order valence-electron chi connectivity index (χ0n) is 17.1. The SMILES string of the molecule is CN1CCc2c(sc(N=Cc3cc(Br)cc([N+](=O)[O-])c3O)c2C(=O)OC(C)(C)C)C1. The molecule has 0 amide bonds. The van der Waals surface area contributed by atoms with Crippen molar-refractivity contribution in [3.63, 3.8) is 0 Å². The molecule has 0 atom stereocenters. The van der Waals surface area contributed by atoms with Crippen molar-refractivity contribution in [1.29, 1.82) is 0 Å². The first kappa shape index (κ1) is 22.4. The lowest BCUT2D eigenvalue weighted by Gasteiger charge is -2.23. The van der Waals surface area contributed by atoms with Gasteiger partial charge in [0, 0.05) is 40.3 Å². The Kier molecular flexibility index (Phi) is 6.30. The number of rotatable bonds is 4. The van der Waals surface area contributed by atoms with E-state index in [1.165, 1.54) is 29.7 Å². The number of aromatic hydroxyl groups is 1. The van der Waals surface area contributed by atoms with Crippen LogP contribution in [0.5, 0.6) is 5.75 Å². The van der Waals surface area contributed by atoms with Crippen LogP contribution in [0.4, 0.5) is 10.7 Å². The largest absolute Gasteiger partial charge is 0.502 e. The zero-order chi connectivity index (χ0) is 22.2. The molecular formula is C20H22BrN3O5S. The molecule has 3 rings (SSSR count). The Balaban J connectivity index is 2.06. The number of carbonyl (C=O) groups is 1. The smallest absolute Gasteiger partial charge is 0.342 e. The van der Waals surface area contributed by atoms with Crippen molar-refractivity contribution in [2.75, 3.05) is 13.6 Å². The Morgan fingerprint density at radius 2 is 2.13 bits per heavy atom. The van der Waals surface area contributed by atoms with Gasteiger partial charge < -0.3 is 14.7 Å². The summed E-state index contributed by atoms with van der Waals surface area (Å²) in [5, 5.41) is 21.9. The average Bonchev–Trinajstić information content (AvgIpc) is 2.97. The van der Waals surface area contributed by atoms with Crippen LogP contribution in [0.2, 0.25) is 0 Å². The van der Waals surface area contributed by atoms with Gasteiger partial charge in [-0.25, -0.2) is 9.79 Å². The first-order valence-electron chi connectivity index (χ1n) is 9.23. The number of hydrogen-bond acceptors (Lipinski definition) is 8. The van der Waals surface area contributed by atoms with Gasteiger partial charge in [-0.2, -0.15) is 0 Å². The molecule has 0 aliphatic carbocycles. The number of ether oxygens (including phenoxy) is 1. The van der Waals surface area contributed by atoms with Crippen molar-refractivity contribution in [1.82, 2.24) is 4.90 Å². The summed E-state index contributed by atoms with van der Waals surface area (Å²) in [5.74, 6) is -0.923. The summed E-state index contributed by atoms with van der Waals surface area (Å²) < 4.78 is 6.03. The number of nitro benzene ring substituents is 1. The molecule has 0 unspecified atom stereocenters. The number of phenols is 1. The van der Waals surface area contributed by atoms with E-state index in [1.807, 2.05) is 7.05 Å². The number of halogens is 1. The van der Waals surface area contributed by atoms with Crippen LogP contribution in [0.1, 0.15) is 47.1 Å². The molecule has 2 heterocycles. The van der Waals surface area contributed by atoms with E-state index < -0.39 is 27.9 Å². The maximum atomic E-state index is 12.9. The van der Waals surface area contributed by atoms with E-state index >= 15 is 0 Å². The lowest BCUT2D eigenvalue weighted by atomic mass is 10.0. The molecule has 0 radical (unpaired) electrons. The van der Waals surface area contributed by atoms with E-state index in [1.54, 1.807) is 20.8 Å². The average molecular weight is 496 g/mol. The molecule has 10 heteroatoms. The number of likely N-dealkylation sites (N-methyl/N-ethyl adjacent to an activating group) is 1. The lowest BCUT2D eigenvalue weighted by Crippen LogP contribution is -2.28. The van der Waals surface area contributed by atoms with Crippen molar-refractivity contribution in [2.45, 2.75) is 39.3 Å². The van der Waals surface area contributed by atoms with Crippen LogP contribution >= 0.6 is 27.3 Å². The summed E-state index contributed by atoms with van der Waals surface area (Å²) in [6.45, 7) is 6.94. The summed E-state index contributed by atoms with van der Waals surface area (Å²) in [6.07, 6.45) is 2.04. The molecule has 0 bridgehead atoms. The number of esters is 1. The predicted octanol–water partition coefficient (Wildman–Crippen LogP) is 4.82. The number of carbonyl (C=O) groups excluding carboxylic acids is 1. The topological polar surface area (TPSA) is 105 Å². The molecule has 1 aliphatic heterocycles. The molecule has 0 spiro atoms. The van der Waals surface area contributed by atoms with Gasteiger partial charge in [-0.3, -0.25) is 10.1 Å². The highest BCUT2D eigenvalue weighted by molar-refractivity contribution is 9.10. The summed E-state index contributed by atoms with van der Waals surface area (Å²) in [6, 6.07) is 2.75. The number of hydrogen-bond donors (Lipinski definition) is 1. The third-order valence-corrected chi connectivity index (χ3v) is 6.02. The van der Waals surface area contributed by atoms with Gasteiger partial charge >= 0.3 is 11.7 Å². The number of fused-ring (bicyclic) bond motifs is 1. The second kappa shape index (κ2) is 8.44. The van der Waals surface area contributed by atoms with Gasteiger partial charge in [-0.05, 0) is 45.9 Å². The van der Waals surface area contributed by atoms with Crippen molar-refractivity contribution in [2.24, 2.45) is 4.99 Å². The minimum absolute atomic E-state index is 0.176. The summed E-state index contributed by atoms with van der Waals surface area (Å²) in [7, 11) is 2.01. The van der Waals surface area contributed by atoms with E-state index in [9.17, 15) is 20.0 Å². The number of nitro groups is 1. The van der Waals surface area contributed by atoms with Gasteiger partial charge in [0.05, 0.1) is 10.5 Å². The molecule has 1 aromatic carbocycles. The molecular weight excluding hydrogens is 474 g/mol. The summed E-state index contributed by atoms with van der Waals surface area (Å²) in [5.41, 5.74) is 0.462. The fourth-order valence-corrected chi connectivity index (χ4v) is 4.84. The number of phenolic OH excluding ortho intramolecular Hbond substituents is 1. The number of aliphatic imine (C=N–C) groups is 1. The molecule has 0 saturated carbocycles. The van der Waals surface area contributed by atoms with Gasteiger partial charge in [-0.15, -0.1) is 11.3 Å². The van der Waals surface area contributed by atoms with E-state index in [-0.39, 0.29) is 5.56 Å². The van der Waals surface area contributed by atoms with E-state index in [4.69, 9.17) is 4.74 Å². The molecule has 2 aromatic rings. The molecule has 1 aromatic heterocycles. The predicted molar refractivity (Wildman–Crippen MR) is 119 cm³/mol. The van der Waals surface area contributed by atoms with Crippen LogP contribution < -0.4 is 0 Å². The van der Waals surface area contributed by atoms with Crippen molar-refractivity contribution >= 4 is 50.1 Å². The maximum absolute atomic E-state index is 12.9. The van der Waals surface area contributed by atoms with Crippen LogP contribution in [0.25, 0.3) is 0 Å². The Labute approximate surface area is 186 Å². The van der Waals surface area contributed by atoms with Gasteiger partial charge in [0.2, 0.25) is 5.75 Å². The molecule has 1 N–H and O–H groups in total. The third-order valence-electron chi connectivity index (χ3n) is 4.43. The second-order valence-electron chi connectivity index (χ2n) is 8.05. The highest BCUT2D eigenvalue weighted by atomic mass is 79.9. The van der Waals surface area contributed by atoms with Crippen LogP contribution in [0.3, 0.4) is 0 Å². The standard InChI is InChI=1S/C20H22BrN3O5S/c1-20(2,3)29-19(26)16-13-5-6-23(4)10-15(13)30-18(16)22-9-11-7-12(21)8-14(17(11)25)24(27)28/h7-9,25H,5-6,10H2,1-4H3. The van der Waals surface area contributed by atoms with Crippen LogP contribution in [-0.2, 0) is 17.7 Å². The van der Waals surface area contributed by atoms with Crippen LogP contribution in [0.15, 0.2) is 21.6 Å². The Hall–Kier alpha value is -2.30. The Morgan fingerprint density at radius 3 is 2.77 bits per heavy atom. The first-order valence-corrected chi connectivity index (χ1v) is 10.8. The summed E-state index contributed by atoms with van der Waals surface area (Å²) in [4.78, 5) is 31.1. The fraction of sp³-hybridized carbons (Fsp3) is 0.400. The lowest BCUT2D eigenvalue weighted by molar-refractivity contribution is -0.385. The quantitative estimate of drug-likeness (QED) is 0.282. The minimum Gasteiger partial charge on any atom is -0.502 e. The van der Waals surface area contributed by atoms with E-state index in [0.29, 0.717) is 28.0 Å². The number of thiophene rings is 1. The first-order chi connectivity index (χ1) is 14.0. The zero-order valence-corrected chi connectivity index (χ0v) is 19.5. The van der Waals surface area contributed by atoms with Crippen LogP contribution in [0, 0.1) is 10.1 Å². The summed E-state index contributed by atoms with van der Waals surface area (Å²) >= 11 is 4.60. The number of benzene rings is 1. The van der Waals surface area contributed by atoms with Crippen molar-refractivity contribution in [3.05, 3.63) is 48.3 Å². The molecule has 1 aliphatic rings. The number of nitrogens with zero attached hydrogens (tertiary/aromatic N) is 3. The van der Waals surface area contributed by atoms with Crippen molar-refractivity contribution < 1.29 is 19.6 Å². The molecule has 30 heavy (non-hydrogen) atoms. The molecule has 0 saturated heterocycles. The van der Waals surface area contributed by atoms with Gasteiger partial charge in [0.1, 0.15) is 10.6 Å². The molecule has 160 valence electrons. The van der Waals surface area contributed by atoms with Gasteiger partial charge in [0.15, 0.2) is 0 Å².